The molecular weight excluding hydrogens is 340 g/mol. The number of ketones is 1. The second kappa shape index (κ2) is 5.33. The lowest BCUT2D eigenvalue weighted by Gasteiger charge is -2.07. The molecular formula is C16H8BrF2NO. The van der Waals surface area contributed by atoms with Crippen LogP contribution in [-0.2, 0) is 0 Å². The summed E-state index contributed by atoms with van der Waals surface area (Å²) in [6, 6.07) is 10.4. The molecule has 0 saturated carbocycles. The van der Waals surface area contributed by atoms with Gasteiger partial charge in [0.25, 0.3) is 0 Å². The fourth-order valence-electron chi connectivity index (χ4n) is 2.20. The van der Waals surface area contributed by atoms with Crippen LogP contribution in [0, 0.1) is 11.6 Å². The van der Waals surface area contributed by atoms with Crippen LogP contribution in [0.2, 0.25) is 0 Å². The maximum atomic E-state index is 13.9. The first-order valence-electron chi connectivity index (χ1n) is 6.11. The number of hydrogen-bond acceptors (Lipinski definition) is 2. The van der Waals surface area contributed by atoms with Gasteiger partial charge in [-0.15, -0.1) is 0 Å². The summed E-state index contributed by atoms with van der Waals surface area (Å²) in [5.74, 6) is -2.49. The lowest BCUT2D eigenvalue weighted by Crippen LogP contribution is -2.08. The largest absolute Gasteiger partial charge is 0.288 e. The van der Waals surface area contributed by atoms with E-state index in [4.69, 9.17) is 0 Å². The third-order valence-electron chi connectivity index (χ3n) is 3.12. The highest BCUT2D eigenvalue weighted by atomic mass is 79.9. The molecule has 0 radical (unpaired) electrons. The minimum absolute atomic E-state index is 0.223. The molecule has 104 valence electrons. The van der Waals surface area contributed by atoms with Crippen LogP contribution in [0.5, 0.6) is 0 Å². The molecule has 2 aromatic carbocycles. The Morgan fingerprint density at radius 3 is 2.48 bits per heavy atom. The summed E-state index contributed by atoms with van der Waals surface area (Å²) in [7, 11) is 0. The van der Waals surface area contributed by atoms with Gasteiger partial charge in [0.2, 0.25) is 0 Å². The van der Waals surface area contributed by atoms with Gasteiger partial charge in [-0.3, -0.25) is 9.78 Å². The summed E-state index contributed by atoms with van der Waals surface area (Å²) in [4.78, 5) is 16.6. The van der Waals surface area contributed by atoms with Crippen LogP contribution < -0.4 is 0 Å². The Hall–Kier alpha value is -2.14. The van der Waals surface area contributed by atoms with Crippen molar-refractivity contribution < 1.29 is 13.6 Å². The fourth-order valence-corrected chi connectivity index (χ4v) is 2.60. The molecule has 1 heterocycles. The monoisotopic (exact) mass is 347 g/mol. The second-order valence-electron chi connectivity index (χ2n) is 4.45. The Labute approximate surface area is 127 Å². The van der Waals surface area contributed by atoms with Crippen molar-refractivity contribution in [2.75, 3.05) is 0 Å². The molecule has 0 N–H and O–H groups in total. The van der Waals surface area contributed by atoms with Gasteiger partial charge < -0.3 is 0 Å². The zero-order valence-corrected chi connectivity index (χ0v) is 12.2. The van der Waals surface area contributed by atoms with Gasteiger partial charge in [-0.1, -0.05) is 34.1 Å². The Kier molecular flexibility index (Phi) is 3.51. The summed E-state index contributed by atoms with van der Waals surface area (Å²) in [5, 5.41) is 0.562. The quantitative estimate of drug-likeness (QED) is 0.638. The van der Waals surface area contributed by atoms with E-state index >= 15 is 0 Å². The van der Waals surface area contributed by atoms with E-state index in [0.717, 1.165) is 12.1 Å². The molecule has 0 bridgehead atoms. The van der Waals surface area contributed by atoms with Crippen LogP contribution in [0.25, 0.3) is 10.9 Å². The van der Waals surface area contributed by atoms with Gasteiger partial charge in [0.1, 0.15) is 11.6 Å². The Morgan fingerprint density at radius 2 is 1.76 bits per heavy atom. The number of halogens is 3. The van der Waals surface area contributed by atoms with E-state index in [1.807, 2.05) is 0 Å². The molecule has 5 heteroatoms. The second-order valence-corrected chi connectivity index (χ2v) is 5.36. The molecule has 0 spiro atoms. The molecule has 0 fully saturated rings. The summed E-state index contributed by atoms with van der Waals surface area (Å²) in [6.07, 6.45) is 1.59. The molecule has 2 nitrogen and oxygen atoms in total. The van der Waals surface area contributed by atoms with Crippen LogP contribution in [0.4, 0.5) is 8.78 Å². The van der Waals surface area contributed by atoms with E-state index in [2.05, 4.69) is 20.9 Å². The first kappa shape index (κ1) is 13.8. The number of carbonyl (C=O) groups is 1. The standard InChI is InChI=1S/C16H8BrF2NO/c17-9-7-12(18)15(13(19)8-9)16(21)11-3-1-5-14-10(11)4-2-6-20-14/h1-8H. The van der Waals surface area contributed by atoms with Gasteiger partial charge in [0, 0.05) is 21.6 Å². The van der Waals surface area contributed by atoms with Gasteiger partial charge in [0.15, 0.2) is 5.78 Å². The summed E-state index contributed by atoms with van der Waals surface area (Å²) < 4.78 is 28.1. The molecule has 21 heavy (non-hydrogen) atoms. The minimum atomic E-state index is -0.896. The Balaban J connectivity index is 2.22. The lowest BCUT2D eigenvalue weighted by atomic mass is 9.98. The first-order valence-corrected chi connectivity index (χ1v) is 6.90. The summed E-state index contributed by atoms with van der Waals surface area (Å²) in [6.45, 7) is 0. The van der Waals surface area contributed by atoms with Crippen LogP contribution in [0.3, 0.4) is 0 Å². The van der Waals surface area contributed by atoms with Crippen molar-refractivity contribution in [1.82, 2.24) is 4.98 Å². The van der Waals surface area contributed by atoms with E-state index in [1.54, 1.807) is 30.5 Å². The molecule has 0 aliphatic heterocycles. The first-order chi connectivity index (χ1) is 10.1. The molecule has 0 aliphatic rings. The predicted octanol–water partition coefficient (Wildman–Crippen LogP) is 4.51. The van der Waals surface area contributed by atoms with Gasteiger partial charge in [-0.2, -0.15) is 0 Å². The van der Waals surface area contributed by atoms with Crippen LogP contribution >= 0.6 is 15.9 Å². The Morgan fingerprint density at radius 1 is 1.05 bits per heavy atom. The number of rotatable bonds is 2. The normalized spacial score (nSPS) is 10.8. The van der Waals surface area contributed by atoms with Crippen LogP contribution in [-0.4, -0.2) is 10.8 Å². The molecule has 0 amide bonds. The SMILES string of the molecule is O=C(c1c(F)cc(Br)cc1F)c1cccc2ncccc12. The van der Waals surface area contributed by atoms with E-state index in [9.17, 15) is 13.6 Å². The minimum Gasteiger partial charge on any atom is -0.288 e. The van der Waals surface area contributed by atoms with Gasteiger partial charge in [-0.25, -0.2) is 8.78 Å². The number of benzene rings is 2. The van der Waals surface area contributed by atoms with E-state index < -0.39 is 23.0 Å². The number of carbonyl (C=O) groups excluding carboxylic acids is 1. The third-order valence-corrected chi connectivity index (χ3v) is 3.58. The van der Waals surface area contributed by atoms with Crippen molar-refractivity contribution in [1.29, 1.82) is 0 Å². The molecule has 0 atom stereocenters. The smallest absolute Gasteiger partial charge is 0.199 e. The van der Waals surface area contributed by atoms with Crippen LogP contribution in [0.15, 0.2) is 53.1 Å². The van der Waals surface area contributed by atoms with Crippen molar-refractivity contribution >= 4 is 32.6 Å². The molecule has 0 unspecified atom stereocenters. The van der Waals surface area contributed by atoms with Crippen molar-refractivity contribution in [3.05, 3.63) is 75.9 Å². The molecule has 3 aromatic rings. The zero-order valence-electron chi connectivity index (χ0n) is 10.6. The number of aromatic nitrogens is 1. The third kappa shape index (κ3) is 2.45. The fraction of sp³-hybridized carbons (Fsp3) is 0. The van der Waals surface area contributed by atoms with E-state index in [1.165, 1.54) is 6.07 Å². The van der Waals surface area contributed by atoms with Gasteiger partial charge in [0.05, 0.1) is 11.1 Å². The maximum absolute atomic E-state index is 13.9. The average molecular weight is 348 g/mol. The van der Waals surface area contributed by atoms with Crippen molar-refractivity contribution in [3.63, 3.8) is 0 Å². The topological polar surface area (TPSA) is 30.0 Å². The van der Waals surface area contributed by atoms with Gasteiger partial charge >= 0.3 is 0 Å². The van der Waals surface area contributed by atoms with E-state index in [-0.39, 0.29) is 10.0 Å². The number of fused-ring (bicyclic) bond motifs is 1. The number of nitrogens with zero attached hydrogens (tertiary/aromatic N) is 1. The van der Waals surface area contributed by atoms with Crippen molar-refractivity contribution in [2.45, 2.75) is 0 Å². The highest BCUT2D eigenvalue weighted by Gasteiger charge is 2.21. The molecule has 1 aromatic heterocycles. The zero-order chi connectivity index (χ0) is 15.0. The lowest BCUT2D eigenvalue weighted by molar-refractivity contribution is 0.103. The average Bonchev–Trinajstić information content (AvgIpc) is 2.45. The Bertz CT molecular complexity index is 836. The van der Waals surface area contributed by atoms with Gasteiger partial charge in [-0.05, 0) is 24.3 Å². The molecule has 0 saturated heterocycles. The number of hydrogen-bond donors (Lipinski definition) is 0. The molecule has 0 aliphatic carbocycles. The summed E-state index contributed by atoms with van der Waals surface area (Å²) in [5.41, 5.74) is 0.261. The van der Waals surface area contributed by atoms with Crippen molar-refractivity contribution in [3.8, 4) is 0 Å². The highest BCUT2D eigenvalue weighted by Crippen LogP contribution is 2.25. The highest BCUT2D eigenvalue weighted by molar-refractivity contribution is 9.10. The van der Waals surface area contributed by atoms with E-state index in [0.29, 0.717) is 10.9 Å². The predicted molar refractivity (Wildman–Crippen MR) is 79.2 cm³/mol. The number of pyridine rings is 1. The van der Waals surface area contributed by atoms with Crippen molar-refractivity contribution in [2.24, 2.45) is 0 Å². The van der Waals surface area contributed by atoms with Crippen LogP contribution in [0.1, 0.15) is 15.9 Å². The molecule has 3 rings (SSSR count). The summed E-state index contributed by atoms with van der Waals surface area (Å²) >= 11 is 2.99. The maximum Gasteiger partial charge on any atom is 0.199 e.